The predicted molar refractivity (Wildman–Crippen MR) is 113 cm³/mol. The number of rotatable bonds is 6. The van der Waals surface area contributed by atoms with Gasteiger partial charge in [-0.2, -0.15) is 4.98 Å². The molecular weight excluding hydrogens is 380 g/mol. The monoisotopic (exact) mass is 406 g/mol. The third kappa shape index (κ3) is 4.75. The van der Waals surface area contributed by atoms with Crippen LogP contribution in [0.3, 0.4) is 0 Å². The molecule has 1 aliphatic rings. The number of methoxy groups -OCH3 is 1. The topological polar surface area (TPSA) is 71.7 Å². The van der Waals surface area contributed by atoms with Crippen molar-refractivity contribution in [3.63, 3.8) is 0 Å². The summed E-state index contributed by atoms with van der Waals surface area (Å²) in [5, 5.41) is 4.10. The second-order valence-electron chi connectivity index (χ2n) is 7.58. The van der Waals surface area contributed by atoms with E-state index in [1.165, 1.54) is 5.56 Å². The fraction of sp³-hybridized carbons (Fsp3) is 0.348. The highest BCUT2D eigenvalue weighted by molar-refractivity contribution is 5.94. The Morgan fingerprint density at radius 1 is 1.10 bits per heavy atom. The Morgan fingerprint density at radius 3 is 2.60 bits per heavy atom. The first-order valence-electron chi connectivity index (χ1n) is 10.1. The van der Waals surface area contributed by atoms with Crippen LogP contribution in [0.1, 0.15) is 27.4 Å². The number of hydrogen-bond acceptors (Lipinski definition) is 6. The Hall–Kier alpha value is -3.03. The van der Waals surface area contributed by atoms with Crippen LogP contribution in [0.2, 0.25) is 0 Å². The van der Waals surface area contributed by atoms with Crippen molar-refractivity contribution < 1.29 is 14.1 Å². The van der Waals surface area contributed by atoms with Crippen LogP contribution in [0.5, 0.6) is 0 Å². The van der Waals surface area contributed by atoms with Crippen molar-refractivity contribution in [3.8, 4) is 11.4 Å². The number of piperazine rings is 1. The number of aromatic nitrogens is 2. The molecule has 1 saturated heterocycles. The van der Waals surface area contributed by atoms with Gasteiger partial charge in [0.2, 0.25) is 11.7 Å². The number of ether oxygens (including phenoxy) is 1. The number of benzene rings is 2. The molecule has 0 saturated carbocycles. The zero-order chi connectivity index (χ0) is 20.9. The number of carbonyl (C=O) groups excluding carboxylic acids is 1. The molecule has 2 heterocycles. The van der Waals surface area contributed by atoms with Crippen LogP contribution in [0.25, 0.3) is 11.4 Å². The molecule has 3 aromatic rings. The van der Waals surface area contributed by atoms with E-state index in [2.05, 4.69) is 15.0 Å². The van der Waals surface area contributed by atoms with Gasteiger partial charge in [0, 0.05) is 44.4 Å². The van der Waals surface area contributed by atoms with Gasteiger partial charge in [-0.1, -0.05) is 47.1 Å². The highest BCUT2D eigenvalue weighted by Crippen LogP contribution is 2.18. The first kappa shape index (κ1) is 20.3. The minimum absolute atomic E-state index is 0.0621. The molecule has 0 radical (unpaired) electrons. The highest BCUT2D eigenvalue weighted by atomic mass is 16.5. The van der Waals surface area contributed by atoms with E-state index in [0.29, 0.717) is 43.5 Å². The van der Waals surface area contributed by atoms with Crippen molar-refractivity contribution in [3.05, 3.63) is 71.1 Å². The first-order chi connectivity index (χ1) is 14.6. The fourth-order valence-electron chi connectivity index (χ4n) is 3.58. The van der Waals surface area contributed by atoms with Crippen molar-refractivity contribution in [2.24, 2.45) is 0 Å². The van der Waals surface area contributed by atoms with Crippen LogP contribution >= 0.6 is 0 Å². The molecule has 0 N–H and O–H groups in total. The van der Waals surface area contributed by atoms with Crippen molar-refractivity contribution in [2.75, 3.05) is 33.3 Å². The molecule has 1 amide bonds. The smallest absolute Gasteiger partial charge is 0.253 e. The van der Waals surface area contributed by atoms with E-state index < -0.39 is 0 Å². The van der Waals surface area contributed by atoms with Crippen LogP contribution in [0.4, 0.5) is 0 Å². The lowest BCUT2D eigenvalue weighted by Gasteiger charge is -2.34. The lowest BCUT2D eigenvalue weighted by Crippen LogP contribution is -2.48. The molecule has 1 aliphatic heterocycles. The molecule has 0 unspecified atom stereocenters. The van der Waals surface area contributed by atoms with Gasteiger partial charge >= 0.3 is 0 Å². The lowest BCUT2D eigenvalue weighted by molar-refractivity contribution is 0.0615. The summed E-state index contributed by atoms with van der Waals surface area (Å²) in [6.45, 7) is 6.02. The van der Waals surface area contributed by atoms with Crippen molar-refractivity contribution >= 4 is 5.91 Å². The van der Waals surface area contributed by atoms with Gasteiger partial charge in [0.15, 0.2) is 0 Å². The van der Waals surface area contributed by atoms with Gasteiger partial charge in [0.1, 0.15) is 0 Å². The number of nitrogens with zero attached hydrogens (tertiary/aromatic N) is 4. The highest BCUT2D eigenvalue weighted by Gasteiger charge is 2.23. The van der Waals surface area contributed by atoms with Crippen molar-refractivity contribution in [1.29, 1.82) is 0 Å². The van der Waals surface area contributed by atoms with Gasteiger partial charge in [-0.05, 0) is 24.6 Å². The summed E-state index contributed by atoms with van der Waals surface area (Å²) >= 11 is 0. The molecule has 0 aliphatic carbocycles. The Morgan fingerprint density at radius 2 is 1.87 bits per heavy atom. The number of aryl methyl sites for hydroxylation is 1. The van der Waals surface area contributed by atoms with Gasteiger partial charge in [-0.25, -0.2) is 0 Å². The predicted octanol–water partition coefficient (Wildman–Crippen LogP) is 3.15. The van der Waals surface area contributed by atoms with E-state index in [0.717, 1.165) is 24.2 Å². The third-order valence-corrected chi connectivity index (χ3v) is 5.28. The number of carbonyl (C=O) groups is 1. The molecule has 156 valence electrons. The van der Waals surface area contributed by atoms with Crippen LogP contribution in [0, 0.1) is 6.92 Å². The molecule has 1 aromatic heterocycles. The minimum Gasteiger partial charge on any atom is -0.380 e. The maximum absolute atomic E-state index is 12.8. The minimum atomic E-state index is 0.0621. The first-order valence-corrected chi connectivity index (χ1v) is 10.1. The summed E-state index contributed by atoms with van der Waals surface area (Å²) in [5.41, 5.74) is 3.85. The molecule has 7 nitrogen and oxygen atoms in total. The summed E-state index contributed by atoms with van der Waals surface area (Å²) in [4.78, 5) is 21.5. The van der Waals surface area contributed by atoms with E-state index >= 15 is 0 Å². The standard InChI is InChI=1S/C23H26N4O3/c1-17-6-8-19(9-7-17)22-24-21(30-25-22)15-26-10-12-27(13-11-26)23(28)20-5-3-4-18(14-20)16-29-2/h3-9,14H,10-13,15-16H2,1-2H3. The average molecular weight is 406 g/mol. The number of hydrogen-bond donors (Lipinski definition) is 0. The fourth-order valence-corrected chi connectivity index (χ4v) is 3.58. The normalized spacial score (nSPS) is 14.8. The lowest BCUT2D eigenvalue weighted by atomic mass is 10.1. The molecule has 1 fully saturated rings. The SMILES string of the molecule is COCc1cccc(C(=O)N2CCN(Cc3nc(-c4ccc(C)cc4)no3)CC2)c1. The quantitative estimate of drug-likeness (QED) is 0.626. The Balaban J connectivity index is 1.32. The molecule has 0 bridgehead atoms. The van der Waals surface area contributed by atoms with E-state index in [-0.39, 0.29) is 5.91 Å². The van der Waals surface area contributed by atoms with E-state index in [9.17, 15) is 4.79 Å². The maximum Gasteiger partial charge on any atom is 0.253 e. The van der Waals surface area contributed by atoms with Crippen LogP contribution in [0.15, 0.2) is 53.1 Å². The van der Waals surface area contributed by atoms with Crippen LogP contribution < -0.4 is 0 Å². The Bertz CT molecular complexity index is 992. The average Bonchev–Trinajstić information content (AvgIpc) is 3.23. The molecule has 30 heavy (non-hydrogen) atoms. The van der Waals surface area contributed by atoms with E-state index in [1.807, 2.05) is 60.4 Å². The molecule has 2 aromatic carbocycles. The van der Waals surface area contributed by atoms with E-state index in [4.69, 9.17) is 9.26 Å². The van der Waals surface area contributed by atoms with Gasteiger partial charge in [-0.15, -0.1) is 0 Å². The van der Waals surface area contributed by atoms with Crippen LogP contribution in [-0.2, 0) is 17.9 Å². The van der Waals surface area contributed by atoms with Crippen molar-refractivity contribution in [2.45, 2.75) is 20.1 Å². The summed E-state index contributed by atoms with van der Waals surface area (Å²) in [5.74, 6) is 1.26. The zero-order valence-corrected chi connectivity index (χ0v) is 17.4. The third-order valence-electron chi connectivity index (χ3n) is 5.28. The summed E-state index contributed by atoms with van der Waals surface area (Å²) < 4.78 is 10.6. The molecular formula is C23H26N4O3. The van der Waals surface area contributed by atoms with Crippen molar-refractivity contribution in [1.82, 2.24) is 19.9 Å². The summed E-state index contributed by atoms with van der Waals surface area (Å²) in [6.07, 6.45) is 0. The molecule has 0 atom stereocenters. The second kappa shape index (κ2) is 9.19. The number of amides is 1. The summed E-state index contributed by atoms with van der Waals surface area (Å²) in [6, 6.07) is 15.7. The largest absolute Gasteiger partial charge is 0.380 e. The van der Waals surface area contributed by atoms with Crippen LogP contribution in [-0.4, -0.2) is 59.1 Å². The Kier molecular flexibility index (Phi) is 6.21. The van der Waals surface area contributed by atoms with E-state index in [1.54, 1.807) is 7.11 Å². The van der Waals surface area contributed by atoms with Gasteiger partial charge < -0.3 is 14.2 Å². The molecule has 7 heteroatoms. The second-order valence-corrected chi connectivity index (χ2v) is 7.58. The maximum atomic E-state index is 12.8. The molecule has 0 spiro atoms. The van der Waals surface area contributed by atoms with Gasteiger partial charge in [0.05, 0.1) is 13.2 Å². The van der Waals surface area contributed by atoms with Gasteiger partial charge in [0.25, 0.3) is 5.91 Å². The van der Waals surface area contributed by atoms with Gasteiger partial charge in [-0.3, -0.25) is 9.69 Å². The molecule has 4 rings (SSSR count). The Labute approximate surface area is 176 Å². The zero-order valence-electron chi connectivity index (χ0n) is 17.4. The summed E-state index contributed by atoms with van der Waals surface area (Å²) in [7, 11) is 1.65.